The second-order valence-corrected chi connectivity index (χ2v) is 9.75. The second kappa shape index (κ2) is 6.71. The Labute approximate surface area is 199 Å². The Morgan fingerprint density at radius 2 is 1.09 bits per heavy atom. The van der Waals surface area contributed by atoms with Crippen molar-refractivity contribution < 1.29 is 0 Å². The van der Waals surface area contributed by atoms with Crippen LogP contribution >= 0.6 is 0 Å². The summed E-state index contributed by atoms with van der Waals surface area (Å²) in [7, 11) is 0. The number of fused-ring (bicyclic) bond motifs is 9. The minimum absolute atomic E-state index is 0.992. The fourth-order valence-electron chi connectivity index (χ4n) is 6.43. The van der Waals surface area contributed by atoms with E-state index in [9.17, 15) is 0 Å². The number of anilines is 3. The van der Waals surface area contributed by atoms with Crippen molar-refractivity contribution in [3.63, 3.8) is 0 Å². The van der Waals surface area contributed by atoms with Crippen LogP contribution in [0.2, 0.25) is 0 Å². The highest BCUT2D eigenvalue weighted by molar-refractivity contribution is 5.92. The van der Waals surface area contributed by atoms with Crippen molar-refractivity contribution in [1.29, 1.82) is 0 Å². The van der Waals surface area contributed by atoms with Crippen molar-refractivity contribution in [1.82, 2.24) is 0 Å². The van der Waals surface area contributed by atoms with Gasteiger partial charge in [-0.1, -0.05) is 78.9 Å². The third kappa shape index (κ3) is 2.44. The monoisotopic (exact) mass is 433 g/mol. The third-order valence-electron chi connectivity index (χ3n) is 7.92. The molecule has 0 saturated carbocycles. The van der Waals surface area contributed by atoms with E-state index in [0.717, 1.165) is 19.3 Å². The average Bonchev–Trinajstić information content (AvgIpc) is 3.44. The van der Waals surface area contributed by atoms with E-state index in [1.165, 1.54) is 72.7 Å². The molecule has 3 aliphatic rings. The summed E-state index contributed by atoms with van der Waals surface area (Å²) in [4.78, 5) is 2.46. The number of hydrogen-bond donors (Lipinski definition) is 0. The molecule has 1 nitrogen and oxygen atoms in total. The van der Waals surface area contributed by atoms with Crippen LogP contribution in [-0.2, 0) is 19.3 Å². The topological polar surface area (TPSA) is 3.24 Å². The van der Waals surface area contributed by atoms with Crippen LogP contribution in [0.4, 0.5) is 17.1 Å². The van der Waals surface area contributed by atoms with Crippen molar-refractivity contribution >= 4 is 17.1 Å². The molecule has 0 bridgehead atoms. The van der Waals surface area contributed by atoms with Gasteiger partial charge in [-0.3, -0.25) is 0 Å². The number of para-hydroxylation sites is 2. The van der Waals surface area contributed by atoms with Gasteiger partial charge < -0.3 is 4.90 Å². The molecule has 1 heterocycles. The minimum atomic E-state index is 0.992. The summed E-state index contributed by atoms with van der Waals surface area (Å²) in [5, 5.41) is 0. The Balaban J connectivity index is 1.28. The molecule has 0 radical (unpaired) electrons. The van der Waals surface area contributed by atoms with Crippen molar-refractivity contribution in [2.45, 2.75) is 19.3 Å². The van der Waals surface area contributed by atoms with Gasteiger partial charge in [0, 0.05) is 23.5 Å². The highest BCUT2D eigenvalue weighted by atomic mass is 15.2. The molecule has 0 atom stereocenters. The maximum absolute atomic E-state index is 2.46. The molecule has 0 amide bonds. The van der Waals surface area contributed by atoms with Gasteiger partial charge in [-0.05, 0) is 92.7 Å². The van der Waals surface area contributed by atoms with E-state index < -0.39 is 0 Å². The predicted molar refractivity (Wildman–Crippen MR) is 140 cm³/mol. The van der Waals surface area contributed by atoms with Crippen LogP contribution in [-0.4, -0.2) is 0 Å². The Morgan fingerprint density at radius 1 is 0.441 bits per heavy atom. The zero-order valence-electron chi connectivity index (χ0n) is 18.9. The molecule has 2 aliphatic carbocycles. The molecule has 0 unspecified atom stereocenters. The molecule has 0 fully saturated rings. The van der Waals surface area contributed by atoms with Gasteiger partial charge in [0.15, 0.2) is 0 Å². The Kier molecular flexibility index (Phi) is 3.62. The van der Waals surface area contributed by atoms with Gasteiger partial charge >= 0.3 is 0 Å². The van der Waals surface area contributed by atoms with Gasteiger partial charge in [0.25, 0.3) is 0 Å². The van der Waals surface area contributed by atoms with Crippen LogP contribution in [0.1, 0.15) is 33.4 Å². The Bertz CT molecular complexity index is 1600. The highest BCUT2D eigenvalue weighted by Crippen LogP contribution is 2.50. The van der Waals surface area contributed by atoms with Crippen molar-refractivity contribution in [3.8, 4) is 22.3 Å². The van der Waals surface area contributed by atoms with Crippen LogP contribution in [0.3, 0.4) is 0 Å². The van der Waals surface area contributed by atoms with Crippen LogP contribution in [0.15, 0.2) is 103 Å². The molecule has 5 aromatic carbocycles. The van der Waals surface area contributed by atoms with E-state index in [2.05, 4.69) is 108 Å². The van der Waals surface area contributed by atoms with Gasteiger partial charge in [0.2, 0.25) is 0 Å². The van der Waals surface area contributed by atoms with E-state index in [1.807, 2.05) is 0 Å². The molecule has 5 aromatic rings. The summed E-state index contributed by atoms with van der Waals surface area (Å²) < 4.78 is 0. The maximum atomic E-state index is 2.46. The van der Waals surface area contributed by atoms with Gasteiger partial charge in [0.05, 0.1) is 0 Å². The number of hydrogen-bond acceptors (Lipinski definition) is 1. The fraction of sp³-hybridized carbons (Fsp3) is 0.0909. The number of rotatable bonds is 1. The van der Waals surface area contributed by atoms with Gasteiger partial charge in [0.1, 0.15) is 0 Å². The molecule has 34 heavy (non-hydrogen) atoms. The molecule has 0 spiro atoms. The molecule has 1 heteroatoms. The molecular weight excluding hydrogens is 410 g/mol. The second-order valence-electron chi connectivity index (χ2n) is 9.75. The van der Waals surface area contributed by atoms with Crippen LogP contribution in [0.5, 0.6) is 0 Å². The highest BCUT2D eigenvalue weighted by Gasteiger charge is 2.30. The van der Waals surface area contributed by atoms with Gasteiger partial charge in [-0.25, -0.2) is 0 Å². The largest absolute Gasteiger partial charge is 0.310 e. The smallest absolute Gasteiger partial charge is 0.0497 e. The summed E-state index contributed by atoms with van der Waals surface area (Å²) >= 11 is 0. The van der Waals surface area contributed by atoms with E-state index >= 15 is 0 Å². The molecule has 0 N–H and O–H groups in total. The van der Waals surface area contributed by atoms with Gasteiger partial charge in [-0.15, -0.1) is 0 Å². The van der Waals surface area contributed by atoms with Gasteiger partial charge in [-0.2, -0.15) is 0 Å². The molecule has 8 rings (SSSR count). The van der Waals surface area contributed by atoms with Crippen LogP contribution in [0.25, 0.3) is 22.3 Å². The Morgan fingerprint density at radius 3 is 1.88 bits per heavy atom. The van der Waals surface area contributed by atoms with E-state index in [4.69, 9.17) is 0 Å². The summed E-state index contributed by atoms with van der Waals surface area (Å²) in [5.41, 5.74) is 18.2. The first kappa shape index (κ1) is 18.3. The quantitative estimate of drug-likeness (QED) is 0.252. The zero-order valence-corrected chi connectivity index (χ0v) is 18.9. The lowest BCUT2D eigenvalue weighted by atomic mass is 9.93. The lowest BCUT2D eigenvalue weighted by molar-refractivity contribution is 1.09. The van der Waals surface area contributed by atoms with Crippen LogP contribution < -0.4 is 4.90 Å². The normalized spacial score (nSPS) is 14.1. The third-order valence-corrected chi connectivity index (χ3v) is 7.92. The lowest BCUT2D eigenvalue weighted by Crippen LogP contribution is -2.18. The summed E-state index contributed by atoms with van der Waals surface area (Å²) in [6.45, 7) is 0. The maximum Gasteiger partial charge on any atom is 0.0497 e. The number of nitrogens with zero attached hydrogens (tertiary/aromatic N) is 1. The fourth-order valence-corrected chi connectivity index (χ4v) is 6.43. The predicted octanol–water partition coefficient (Wildman–Crippen LogP) is 8.20. The minimum Gasteiger partial charge on any atom is -0.310 e. The van der Waals surface area contributed by atoms with Crippen molar-refractivity contribution in [2.75, 3.05) is 4.90 Å². The van der Waals surface area contributed by atoms with Crippen molar-refractivity contribution in [2.24, 2.45) is 0 Å². The average molecular weight is 434 g/mol. The zero-order chi connectivity index (χ0) is 22.2. The summed E-state index contributed by atoms with van der Waals surface area (Å²) in [5.74, 6) is 0. The first-order valence-corrected chi connectivity index (χ1v) is 12.2. The summed E-state index contributed by atoms with van der Waals surface area (Å²) in [6.07, 6.45) is 3.05. The number of benzene rings is 5. The van der Waals surface area contributed by atoms with E-state index in [-0.39, 0.29) is 0 Å². The standard InChI is InChI=1S/C33H23N/c1-4-10-27-21(7-1)20-30-29(27)15-13-24-18-25-19-26(14-16-28(25)33(24)30)34-31-11-5-2-8-22(31)17-23-9-3-6-12-32(23)34/h1-16,19H,17-18,20H2. The summed E-state index contributed by atoms with van der Waals surface area (Å²) in [6, 6.07) is 38.4. The Hall–Kier alpha value is -4.10. The molecule has 0 saturated heterocycles. The molecule has 160 valence electrons. The lowest BCUT2D eigenvalue weighted by Gasteiger charge is -2.33. The first-order valence-electron chi connectivity index (χ1n) is 12.2. The van der Waals surface area contributed by atoms with Crippen molar-refractivity contribution in [3.05, 3.63) is 137 Å². The van der Waals surface area contributed by atoms with E-state index in [0.29, 0.717) is 0 Å². The van der Waals surface area contributed by atoms with Crippen LogP contribution in [0, 0.1) is 0 Å². The van der Waals surface area contributed by atoms with E-state index in [1.54, 1.807) is 0 Å². The molecule has 1 aliphatic heterocycles. The first-order chi connectivity index (χ1) is 16.8. The molecule has 0 aromatic heterocycles. The SMILES string of the molecule is c1ccc2c(c1)Cc1c-2ccc2c1-c1ccc(N3c4ccccc4Cc4ccccc43)cc1C2. The molecular formula is C33H23N.